The Balaban J connectivity index is 3.58. The summed E-state index contributed by atoms with van der Waals surface area (Å²) < 4.78 is 0. The Morgan fingerprint density at radius 3 is 1.65 bits per heavy atom. The first-order chi connectivity index (χ1) is 18.2. The van der Waals surface area contributed by atoms with Crippen LogP contribution >= 0.6 is 0 Å². The van der Waals surface area contributed by atoms with E-state index in [2.05, 4.69) is 43.5 Å². The van der Waals surface area contributed by atoms with E-state index < -0.39 is 12.1 Å². The van der Waals surface area contributed by atoms with Crippen LogP contribution < -0.4 is 5.32 Å². The Morgan fingerprint density at radius 2 is 1.11 bits per heavy atom. The maximum atomic E-state index is 12.2. The zero-order valence-corrected chi connectivity index (χ0v) is 24.7. The molecular weight excluding hydrogens is 458 g/mol. The summed E-state index contributed by atoms with van der Waals surface area (Å²) in [5, 5.41) is 22.8. The van der Waals surface area contributed by atoms with Crippen LogP contribution in [0.2, 0.25) is 0 Å². The van der Waals surface area contributed by atoms with E-state index in [1.807, 2.05) is 0 Å². The first-order valence-electron chi connectivity index (χ1n) is 16.0. The van der Waals surface area contributed by atoms with Crippen molar-refractivity contribution in [3.63, 3.8) is 0 Å². The van der Waals surface area contributed by atoms with Crippen LogP contribution in [-0.2, 0) is 4.79 Å². The van der Waals surface area contributed by atoms with Gasteiger partial charge < -0.3 is 15.5 Å². The molecule has 0 saturated heterocycles. The molecule has 4 nitrogen and oxygen atoms in total. The van der Waals surface area contributed by atoms with E-state index in [1.165, 1.54) is 103 Å². The Hall–Kier alpha value is -1.13. The van der Waals surface area contributed by atoms with Crippen LogP contribution in [-0.4, -0.2) is 34.9 Å². The van der Waals surface area contributed by atoms with Crippen molar-refractivity contribution in [3.05, 3.63) is 24.3 Å². The molecule has 3 N–H and O–H groups in total. The molecule has 0 fully saturated rings. The minimum absolute atomic E-state index is 0.0456. The van der Waals surface area contributed by atoms with Crippen LogP contribution in [0.25, 0.3) is 0 Å². The van der Waals surface area contributed by atoms with Crippen LogP contribution in [0.3, 0.4) is 0 Å². The minimum Gasteiger partial charge on any atom is -0.394 e. The number of nitrogens with one attached hydrogen (secondary N) is 1. The van der Waals surface area contributed by atoms with Crippen LogP contribution in [0, 0.1) is 0 Å². The van der Waals surface area contributed by atoms with Crippen molar-refractivity contribution in [2.75, 3.05) is 6.61 Å². The number of rotatable bonds is 28. The molecule has 0 aromatic carbocycles. The fraction of sp³-hybridized carbons (Fsp3) is 0.848. The van der Waals surface area contributed by atoms with E-state index in [1.54, 1.807) is 0 Å². The van der Waals surface area contributed by atoms with Crippen molar-refractivity contribution < 1.29 is 15.0 Å². The lowest BCUT2D eigenvalue weighted by Crippen LogP contribution is -2.45. The van der Waals surface area contributed by atoms with E-state index >= 15 is 0 Å². The second kappa shape index (κ2) is 29.4. The molecule has 0 spiro atoms. The molecule has 0 aromatic rings. The number of aliphatic hydroxyl groups is 2. The fourth-order valence-corrected chi connectivity index (χ4v) is 4.68. The molecule has 4 heteroatoms. The number of unbranched alkanes of at least 4 members (excludes halogenated alkanes) is 17. The molecule has 2 atom stereocenters. The first-order valence-corrected chi connectivity index (χ1v) is 16.0. The predicted molar refractivity (Wildman–Crippen MR) is 161 cm³/mol. The van der Waals surface area contributed by atoms with E-state index in [0.29, 0.717) is 12.8 Å². The Morgan fingerprint density at radius 1 is 0.649 bits per heavy atom. The molecule has 0 rings (SSSR count). The number of hydrogen-bond donors (Lipinski definition) is 3. The molecule has 0 aliphatic heterocycles. The van der Waals surface area contributed by atoms with Crippen LogP contribution in [0.5, 0.6) is 0 Å². The zero-order valence-electron chi connectivity index (χ0n) is 24.7. The molecule has 0 aromatic heterocycles. The van der Waals surface area contributed by atoms with Crippen LogP contribution in [0.15, 0.2) is 24.3 Å². The number of carbonyl (C=O) groups is 1. The van der Waals surface area contributed by atoms with Gasteiger partial charge in [-0.15, -0.1) is 0 Å². The lowest BCUT2D eigenvalue weighted by molar-refractivity contribution is -0.123. The van der Waals surface area contributed by atoms with Crippen LogP contribution in [0.1, 0.15) is 162 Å². The molecular formula is C33H63NO3. The molecule has 218 valence electrons. The zero-order chi connectivity index (χ0) is 27.2. The smallest absolute Gasteiger partial charge is 0.220 e. The maximum Gasteiger partial charge on any atom is 0.220 e. The van der Waals surface area contributed by atoms with Gasteiger partial charge in [-0.05, 0) is 44.9 Å². The fourth-order valence-electron chi connectivity index (χ4n) is 4.68. The average molecular weight is 522 g/mol. The molecule has 0 saturated carbocycles. The number of carbonyl (C=O) groups excluding carboxylic acids is 1. The number of aliphatic hydroxyl groups excluding tert-OH is 2. The first kappa shape index (κ1) is 35.9. The van der Waals surface area contributed by atoms with E-state index in [0.717, 1.165) is 32.1 Å². The van der Waals surface area contributed by atoms with Gasteiger partial charge in [-0.1, -0.05) is 134 Å². The number of amides is 1. The Bertz CT molecular complexity index is 532. The van der Waals surface area contributed by atoms with Gasteiger partial charge in [0, 0.05) is 6.42 Å². The van der Waals surface area contributed by atoms with Gasteiger partial charge in [-0.25, -0.2) is 0 Å². The molecule has 2 unspecified atom stereocenters. The van der Waals surface area contributed by atoms with Gasteiger partial charge in [0.25, 0.3) is 0 Å². The Kier molecular flexibility index (Phi) is 28.5. The average Bonchev–Trinajstić information content (AvgIpc) is 2.90. The summed E-state index contributed by atoms with van der Waals surface area (Å²) in [6, 6.07) is -0.534. The summed E-state index contributed by atoms with van der Waals surface area (Å²) in [6.45, 7) is 4.28. The summed E-state index contributed by atoms with van der Waals surface area (Å²) >= 11 is 0. The third-order valence-corrected chi connectivity index (χ3v) is 7.22. The van der Waals surface area contributed by atoms with Gasteiger partial charge in [0.15, 0.2) is 0 Å². The SMILES string of the molecule is CCCCCC/C=C\C/C=C\CCCCCCCCCC(=O)NC(CO)C(O)CCCCCCCCC. The molecule has 0 aliphatic rings. The standard InChI is InChI=1S/C33H63NO3/c1-3-5-7-9-11-12-13-14-15-16-17-18-19-20-21-23-25-27-29-33(37)34-31(30-35)32(36)28-26-24-22-10-8-6-4-2/h12-13,15-16,31-32,35-36H,3-11,14,17-30H2,1-2H3,(H,34,37)/b13-12-,16-15-. The van der Waals surface area contributed by atoms with Crippen molar-refractivity contribution in [2.45, 2.75) is 174 Å². The minimum atomic E-state index is -0.656. The lowest BCUT2D eigenvalue weighted by Gasteiger charge is -2.22. The molecule has 0 heterocycles. The third kappa shape index (κ3) is 26.3. The van der Waals surface area contributed by atoms with Gasteiger partial charge in [-0.2, -0.15) is 0 Å². The maximum absolute atomic E-state index is 12.2. The molecule has 0 bridgehead atoms. The third-order valence-electron chi connectivity index (χ3n) is 7.22. The quantitative estimate of drug-likeness (QED) is 0.0711. The van der Waals surface area contributed by atoms with Gasteiger partial charge in [0.2, 0.25) is 5.91 Å². The van der Waals surface area contributed by atoms with Crippen LogP contribution in [0.4, 0.5) is 0 Å². The van der Waals surface area contributed by atoms with Gasteiger partial charge in [0.1, 0.15) is 0 Å². The molecule has 0 aliphatic carbocycles. The summed E-state index contributed by atoms with van der Waals surface area (Å²) in [5.74, 6) is -0.0456. The highest BCUT2D eigenvalue weighted by atomic mass is 16.3. The van der Waals surface area contributed by atoms with Gasteiger partial charge in [0.05, 0.1) is 18.8 Å². The van der Waals surface area contributed by atoms with Gasteiger partial charge in [-0.3, -0.25) is 4.79 Å². The highest BCUT2D eigenvalue weighted by Crippen LogP contribution is 2.13. The molecule has 37 heavy (non-hydrogen) atoms. The summed E-state index contributed by atoms with van der Waals surface area (Å²) in [6.07, 6.45) is 35.1. The van der Waals surface area contributed by atoms with Crippen molar-refractivity contribution in [1.82, 2.24) is 5.32 Å². The largest absolute Gasteiger partial charge is 0.394 e. The molecule has 0 radical (unpaired) electrons. The number of allylic oxidation sites excluding steroid dienone is 4. The second-order valence-electron chi connectivity index (χ2n) is 10.9. The predicted octanol–water partition coefficient (Wildman–Crippen LogP) is 8.95. The highest BCUT2D eigenvalue weighted by molar-refractivity contribution is 5.76. The normalized spacial score (nSPS) is 13.5. The lowest BCUT2D eigenvalue weighted by atomic mass is 10.0. The Labute approximate surface area is 230 Å². The summed E-state index contributed by atoms with van der Waals surface area (Å²) in [7, 11) is 0. The van der Waals surface area contributed by atoms with Crippen molar-refractivity contribution in [1.29, 1.82) is 0 Å². The topological polar surface area (TPSA) is 69.6 Å². The van der Waals surface area contributed by atoms with Gasteiger partial charge >= 0.3 is 0 Å². The van der Waals surface area contributed by atoms with Crippen molar-refractivity contribution >= 4 is 5.91 Å². The summed E-state index contributed by atoms with van der Waals surface area (Å²) in [5.41, 5.74) is 0. The second-order valence-corrected chi connectivity index (χ2v) is 10.9. The van der Waals surface area contributed by atoms with E-state index in [4.69, 9.17) is 0 Å². The highest BCUT2D eigenvalue weighted by Gasteiger charge is 2.19. The molecule has 1 amide bonds. The monoisotopic (exact) mass is 521 g/mol. The van der Waals surface area contributed by atoms with Crippen molar-refractivity contribution in [3.8, 4) is 0 Å². The van der Waals surface area contributed by atoms with Crippen molar-refractivity contribution in [2.24, 2.45) is 0 Å². The summed E-state index contributed by atoms with van der Waals surface area (Å²) in [4.78, 5) is 12.2. The van der Waals surface area contributed by atoms with E-state index in [-0.39, 0.29) is 12.5 Å². The van der Waals surface area contributed by atoms with E-state index in [9.17, 15) is 15.0 Å². The number of hydrogen-bond acceptors (Lipinski definition) is 3.